The molecule has 9 heteroatoms. The molecular weight excluding hydrogens is 534 g/mol. The maximum atomic E-state index is 13.4. The molecule has 2 aliphatic rings. The molecule has 0 bridgehead atoms. The van der Waals surface area contributed by atoms with Crippen LogP contribution in [0.15, 0.2) is 53.1 Å². The fraction of sp³-hybridized carbons (Fsp3) is 0.385. The maximum Gasteiger partial charge on any atom is 0.526 e. The highest BCUT2D eigenvalue weighted by Crippen LogP contribution is 2.54. The van der Waals surface area contributed by atoms with Gasteiger partial charge < -0.3 is 9.84 Å². The van der Waals surface area contributed by atoms with Crippen LogP contribution < -0.4 is 4.48 Å². The summed E-state index contributed by atoms with van der Waals surface area (Å²) in [6.07, 6.45) is 1.93. The fourth-order valence-corrected chi connectivity index (χ4v) is 7.84. The van der Waals surface area contributed by atoms with Gasteiger partial charge in [0.2, 0.25) is 0 Å². The number of aromatic carboxylic acids is 1. The molecule has 1 saturated heterocycles. The number of nitrogens with zero attached hydrogens (tertiary/aromatic N) is 1. The van der Waals surface area contributed by atoms with Crippen molar-refractivity contribution < 1.29 is 27.9 Å². The van der Waals surface area contributed by atoms with E-state index in [-0.39, 0.29) is 17.2 Å². The average molecular weight is 563 g/mol. The van der Waals surface area contributed by atoms with Crippen molar-refractivity contribution in [2.75, 3.05) is 12.9 Å². The largest absolute Gasteiger partial charge is 0.526 e. The zero-order chi connectivity index (χ0) is 25.8. The number of hydrogen-bond acceptors (Lipinski definition) is 5. The van der Waals surface area contributed by atoms with Gasteiger partial charge in [-0.1, -0.05) is 46.3 Å². The minimum absolute atomic E-state index is 0.00369. The highest BCUT2D eigenvalue weighted by atomic mass is 79.9. The second kappa shape index (κ2) is 8.87. The van der Waals surface area contributed by atoms with Crippen LogP contribution in [-0.2, 0) is 14.6 Å². The van der Waals surface area contributed by atoms with E-state index < -0.39 is 37.2 Å². The lowest BCUT2D eigenvalue weighted by molar-refractivity contribution is 0.0692. The Morgan fingerprint density at radius 2 is 1.80 bits per heavy atom. The number of hydrogen-bond donors (Lipinski definition) is 1. The summed E-state index contributed by atoms with van der Waals surface area (Å²) in [6.45, 7) is 5.58. The number of ether oxygens (including phenoxy) is 1. The molecular formula is C26H29BrNO6S+. The Labute approximate surface area is 214 Å². The number of amides is 1. The molecule has 0 aromatic heterocycles. The summed E-state index contributed by atoms with van der Waals surface area (Å²) in [5.74, 6) is -1.33. The number of fused-ring (bicyclic) bond motifs is 1. The van der Waals surface area contributed by atoms with Crippen LogP contribution >= 0.6 is 15.9 Å². The lowest BCUT2D eigenvalue weighted by Crippen LogP contribution is -2.61. The number of halogens is 1. The van der Waals surface area contributed by atoms with Crippen molar-refractivity contribution >= 4 is 49.1 Å². The highest BCUT2D eigenvalue weighted by Gasteiger charge is 2.58. The van der Waals surface area contributed by atoms with E-state index in [1.54, 1.807) is 6.20 Å². The number of carbonyl (C=O) groups excluding carboxylic acids is 1. The summed E-state index contributed by atoms with van der Waals surface area (Å²) in [4.78, 5) is 25.8. The summed E-state index contributed by atoms with van der Waals surface area (Å²) in [6, 6.07) is 12.5. The van der Waals surface area contributed by atoms with Crippen LogP contribution in [0.25, 0.3) is 5.57 Å². The normalized spacial score (nSPS) is 25.5. The summed E-state index contributed by atoms with van der Waals surface area (Å²) in [7, 11) is -2.06. The molecule has 2 aromatic rings. The Balaban J connectivity index is 1.95. The zero-order valence-corrected chi connectivity index (χ0v) is 22.5. The third kappa shape index (κ3) is 4.13. The van der Waals surface area contributed by atoms with Gasteiger partial charge in [-0.15, -0.1) is 0 Å². The third-order valence-corrected chi connectivity index (χ3v) is 9.71. The molecule has 2 aliphatic heterocycles. The summed E-state index contributed by atoms with van der Waals surface area (Å²) in [5.41, 5.74) is 1.72. The molecule has 1 fully saturated rings. The molecule has 4 rings (SSSR count). The van der Waals surface area contributed by atoms with Gasteiger partial charge in [-0.2, -0.15) is 9.28 Å². The number of methoxy groups -OCH3 is 1. The maximum absolute atomic E-state index is 13.4. The van der Waals surface area contributed by atoms with Gasteiger partial charge in [0.05, 0.1) is 18.1 Å². The van der Waals surface area contributed by atoms with Crippen molar-refractivity contribution in [3.05, 3.63) is 69.8 Å². The molecule has 2 aromatic carbocycles. The van der Waals surface area contributed by atoms with Gasteiger partial charge in [0, 0.05) is 15.6 Å². The number of benzene rings is 2. The molecule has 0 aliphatic carbocycles. The Morgan fingerprint density at radius 3 is 2.37 bits per heavy atom. The second-order valence-corrected chi connectivity index (χ2v) is 13.3. The third-order valence-electron chi connectivity index (χ3n) is 7.12. The molecule has 3 atom stereocenters. The quantitative estimate of drug-likeness (QED) is 0.465. The molecule has 0 saturated carbocycles. The van der Waals surface area contributed by atoms with Crippen LogP contribution in [0.5, 0.6) is 0 Å². The first-order valence-corrected chi connectivity index (χ1v) is 13.9. The number of quaternary nitrogens is 1. The molecule has 1 N–H and O–H groups in total. The van der Waals surface area contributed by atoms with E-state index in [1.165, 1.54) is 13.2 Å². The first-order chi connectivity index (χ1) is 16.3. The van der Waals surface area contributed by atoms with Gasteiger partial charge in [-0.3, -0.25) is 0 Å². The van der Waals surface area contributed by atoms with E-state index in [2.05, 4.69) is 15.9 Å². The molecule has 35 heavy (non-hydrogen) atoms. The van der Waals surface area contributed by atoms with Crippen LogP contribution in [0, 0.1) is 5.92 Å². The minimum atomic E-state index is -3.35. The summed E-state index contributed by atoms with van der Waals surface area (Å²) >= 11 is 3.43. The van der Waals surface area contributed by atoms with Gasteiger partial charge in [0.25, 0.3) is 0 Å². The van der Waals surface area contributed by atoms with Crippen molar-refractivity contribution in [1.82, 2.24) is 4.48 Å². The van der Waals surface area contributed by atoms with E-state index in [9.17, 15) is 23.1 Å². The van der Waals surface area contributed by atoms with E-state index in [1.807, 2.05) is 57.2 Å². The van der Waals surface area contributed by atoms with E-state index in [4.69, 9.17) is 4.74 Å². The van der Waals surface area contributed by atoms with Crippen LogP contribution in [0.4, 0.5) is 10.5 Å². The van der Waals surface area contributed by atoms with E-state index in [0.717, 1.165) is 11.1 Å². The molecule has 186 valence electrons. The summed E-state index contributed by atoms with van der Waals surface area (Å²) < 4.78 is 31.5. The van der Waals surface area contributed by atoms with Gasteiger partial charge in [-0.05, 0) is 57.2 Å². The van der Waals surface area contributed by atoms with Crippen LogP contribution in [0.2, 0.25) is 0 Å². The van der Waals surface area contributed by atoms with Crippen LogP contribution in [0.1, 0.15) is 60.3 Å². The van der Waals surface area contributed by atoms with Crippen molar-refractivity contribution in [2.24, 2.45) is 5.92 Å². The topological polar surface area (TPSA) is 97.7 Å². The number of carboxylic acid groups (broad SMARTS) is 1. The summed E-state index contributed by atoms with van der Waals surface area (Å²) in [5, 5.41) is 9.42. The molecule has 7 nitrogen and oxygen atoms in total. The van der Waals surface area contributed by atoms with Crippen molar-refractivity contribution in [2.45, 2.75) is 44.4 Å². The van der Waals surface area contributed by atoms with Crippen LogP contribution in [0.3, 0.4) is 0 Å². The lowest BCUT2D eigenvalue weighted by Gasteiger charge is -2.39. The van der Waals surface area contributed by atoms with E-state index in [0.29, 0.717) is 28.6 Å². The average Bonchev–Trinajstić information content (AvgIpc) is 3.14. The number of carbonyl (C=O) groups is 2. The highest BCUT2D eigenvalue weighted by molar-refractivity contribution is 9.10. The Bertz CT molecular complexity index is 1330. The number of rotatable bonds is 3. The molecule has 2 heterocycles. The first kappa shape index (κ1) is 25.6. The predicted octanol–water partition coefficient (Wildman–Crippen LogP) is 5.94. The SMILES string of the molecule is COC(=O)[N+]1(C(C)(C)C)C=C(C2CCS(=O)(=O)C(c3ccccc3)C2)c2cc(Br)cc(C(=O)O)c21. The van der Waals surface area contributed by atoms with Gasteiger partial charge >= 0.3 is 12.1 Å². The number of carboxylic acids is 1. The van der Waals surface area contributed by atoms with Gasteiger partial charge in [-0.25, -0.2) is 13.2 Å². The Morgan fingerprint density at radius 1 is 1.14 bits per heavy atom. The lowest BCUT2D eigenvalue weighted by atomic mass is 9.85. The zero-order valence-electron chi connectivity index (χ0n) is 20.1. The predicted molar refractivity (Wildman–Crippen MR) is 139 cm³/mol. The van der Waals surface area contributed by atoms with Crippen molar-refractivity contribution in [3.8, 4) is 0 Å². The second-order valence-electron chi connectivity index (χ2n) is 10.1. The van der Waals surface area contributed by atoms with Gasteiger partial charge in [0.1, 0.15) is 17.3 Å². The Kier molecular flexibility index (Phi) is 6.49. The van der Waals surface area contributed by atoms with Crippen molar-refractivity contribution in [1.29, 1.82) is 0 Å². The monoisotopic (exact) mass is 562 g/mol. The smallest absolute Gasteiger partial charge is 0.477 e. The molecule has 1 amide bonds. The molecule has 3 unspecified atom stereocenters. The Hall–Kier alpha value is -2.49. The first-order valence-electron chi connectivity index (χ1n) is 11.4. The minimum Gasteiger partial charge on any atom is -0.477 e. The van der Waals surface area contributed by atoms with Crippen LogP contribution in [-0.4, -0.2) is 44.0 Å². The standard InChI is InChI=1S/C26H28BrNO6S/c1-26(2,3)28(25(31)34-4)15-21(19-13-18(27)14-20(23(19)28)24(29)30)17-10-11-35(32,33)22(12-17)16-8-6-5-7-9-16/h5-9,13-15,17,22H,10-12H2,1-4H3/p+1. The number of sulfone groups is 1. The fourth-order valence-electron chi connectivity index (χ4n) is 5.39. The molecule has 0 radical (unpaired) electrons. The van der Waals surface area contributed by atoms with E-state index >= 15 is 0 Å². The van der Waals surface area contributed by atoms with Crippen molar-refractivity contribution in [3.63, 3.8) is 0 Å². The number of allylic oxidation sites excluding steroid dienone is 1. The molecule has 0 spiro atoms. The van der Waals surface area contributed by atoms with Gasteiger partial charge in [0.15, 0.2) is 15.5 Å².